The van der Waals surface area contributed by atoms with E-state index < -0.39 is 11.7 Å². The molecule has 2 aromatic carbocycles. The second-order valence-electron chi connectivity index (χ2n) is 7.03. The maximum atomic E-state index is 12.5. The highest BCUT2D eigenvalue weighted by Crippen LogP contribution is 2.21. The molecule has 0 aliphatic carbocycles. The Bertz CT molecular complexity index is 964. The van der Waals surface area contributed by atoms with Gasteiger partial charge in [-0.05, 0) is 62.6 Å². The zero-order valence-corrected chi connectivity index (χ0v) is 16.5. The van der Waals surface area contributed by atoms with Gasteiger partial charge in [-0.2, -0.15) is 0 Å². The van der Waals surface area contributed by atoms with E-state index in [1.165, 1.54) is 11.5 Å². The maximum absolute atomic E-state index is 12.5. The van der Waals surface area contributed by atoms with E-state index >= 15 is 0 Å². The maximum Gasteiger partial charge on any atom is 0.412 e. The van der Waals surface area contributed by atoms with Gasteiger partial charge in [0.1, 0.15) is 11.3 Å². The lowest BCUT2D eigenvalue weighted by Gasteiger charge is -2.19. The van der Waals surface area contributed by atoms with Crippen LogP contribution in [-0.2, 0) is 4.74 Å². The van der Waals surface area contributed by atoms with Crippen molar-refractivity contribution in [1.82, 2.24) is 9.59 Å². The van der Waals surface area contributed by atoms with E-state index in [0.29, 0.717) is 16.9 Å². The summed E-state index contributed by atoms with van der Waals surface area (Å²) in [5.74, 6) is -0.282. The van der Waals surface area contributed by atoms with Crippen LogP contribution in [0, 0.1) is 0 Å². The topological polar surface area (TPSA) is 93.2 Å². The standard InChI is InChI=1S/C20H20N4O3S/c1-20(2,3)27-19(26)22-16-6-4-5-14(11-16)18(25)21-15-9-7-13(8-10-15)17-12-28-24-23-17/h4-12H,1-3H3,(H,21,25)(H,22,26). The second-order valence-corrected chi connectivity index (χ2v) is 7.64. The number of carbonyl (C=O) groups is 2. The van der Waals surface area contributed by atoms with Crippen molar-refractivity contribution in [3.8, 4) is 11.3 Å². The number of nitrogens with zero attached hydrogens (tertiary/aromatic N) is 2. The molecule has 2 N–H and O–H groups in total. The molecule has 3 rings (SSSR count). The molecule has 0 spiro atoms. The van der Waals surface area contributed by atoms with Crippen LogP contribution >= 0.6 is 11.5 Å². The highest BCUT2D eigenvalue weighted by atomic mass is 32.1. The number of amides is 2. The molecule has 3 aromatic rings. The third-order valence-corrected chi connectivity index (χ3v) is 4.07. The van der Waals surface area contributed by atoms with E-state index in [1.807, 2.05) is 17.5 Å². The van der Waals surface area contributed by atoms with E-state index in [9.17, 15) is 9.59 Å². The lowest BCUT2D eigenvalue weighted by Crippen LogP contribution is -2.27. The van der Waals surface area contributed by atoms with Crippen LogP contribution in [0.15, 0.2) is 53.9 Å². The number of nitrogens with one attached hydrogen (secondary N) is 2. The van der Waals surface area contributed by atoms with Crippen LogP contribution in [0.25, 0.3) is 11.3 Å². The number of hydrogen-bond donors (Lipinski definition) is 2. The monoisotopic (exact) mass is 396 g/mol. The van der Waals surface area contributed by atoms with E-state index in [1.54, 1.807) is 57.2 Å². The Morgan fingerprint density at radius 2 is 1.75 bits per heavy atom. The third kappa shape index (κ3) is 5.37. The Labute approximate surface area is 166 Å². The summed E-state index contributed by atoms with van der Waals surface area (Å²) in [6, 6.07) is 14.0. The van der Waals surface area contributed by atoms with Gasteiger partial charge in [0.2, 0.25) is 0 Å². The average molecular weight is 396 g/mol. The Morgan fingerprint density at radius 3 is 2.39 bits per heavy atom. The summed E-state index contributed by atoms with van der Waals surface area (Å²) in [7, 11) is 0. The molecular formula is C20H20N4O3S. The van der Waals surface area contributed by atoms with Gasteiger partial charge < -0.3 is 10.1 Å². The summed E-state index contributed by atoms with van der Waals surface area (Å²) >= 11 is 1.29. The van der Waals surface area contributed by atoms with Crippen molar-refractivity contribution in [3.63, 3.8) is 0 Å². The summed E-state index contributed by atoms with van der Waals surface area (Å²) < 4.78 is 9.06. The highest BCUT2D eigenvalue weighted by Gasteiger charge is 2.16. The first-order valence-corrected chi connectivity index (χ1v) is 9.43. The smallest absolute Gasteiger partial charge is 0.412 e. The first-order valence-electron chi connectivity index (χ1n) is 8.59. The zero-order chi connectivity index (χ0) is 20.1. The van der Waals surface area contributed by atoms with Gasteiger partial charge in [-0.1, -0.05) is 22.7 Å². The number of ether oxygens (including phenoxy) is 1. The summed E-state index contributed by atoms with van der Waals surface area (Å²) in [5.41, 5.74) is 2.68. The Balaban J connectivity index is 1.65. The van der Waals surface area contributed by atoms with E-state index in [-0.39, 0.29) is 5.91 Å². The first kappa shape index (κ1) is 19.5. The van der Waals surface area contributed by atoms with Gasteiger partial charge in [0.25, 0.3) is 5.91 Å². The van der Waals surface area contributed by atoms with Crippen molar-refractivity contribution in [2.45, 2.75) is 26.4 Å². The largest absolute Gasteiger partial charge is 0.444 e. The fourth-order valence-corrected chi connectivity index (χ4v) is 2.84. The summed E-state index contributed by atoms with van der Waals surface area (Å²) in [4.78, 5) is 24.4. The molecule has 144 valence electrons. The van der Waals surface area contributed by atoms with Crippen LogP contribution in [0.4, 0.5) is 16.2 Å². The predicted octanol–water partition coefficient (Wildman–Crippen LogP) is 4.80. The van der Waals surface area contributed by atoms with Gasteiger partial charge in [-0.25, -0.2) is 4.79 Å². The Kier molecular flexibility index (Phi) is 5.70. The predicted molar refractivity (Wildman–Crippen MR) is 110 cm³/mol. The molecule has 0 atom stereocenters. The summed E-state index contributed by atoms with van der Waals surface area (Å²) in [6.45, 7) is 5.35. The molecule has 0 aliphatic heterocycles. The van der Waals surface area contributed by atoms with Crippen molar-refractivity contribution >= 4 is 34.9 Å². The van der Waals surface area contributed by atoms with Crippen molar-refractivity contribution in [2.75, 3.05) is 10.6 Å². The Hall–Kier alpha value is -3.26. The van der Waals surface area contributed by atoms with Crippen LogP contribution in [0.3, 0.4) is 0 Å². The minimum Gasteiger partial charge on any atom is -0.444 e. The van der Waals surface area contributed by atoms with Crippen LogP contribution in [0.2, 0.25) is 0 Å². The fraction of sp³-hybridized carbons (Fsp3) is 0.200. The van der Waals surface area contributed by atoms with Crippen molar-refractivity contribution in [1.29, 1.82) is 0 Å². The molecule has 0 aliphatic rings. The van der Waals surface area contributed by atoms with Gasteiger partial charge in [-0.3, -0.25) is 10.1 Å². The second kappa shape index (κ2) is 8.18. The van der Waals surface area contributed by atoms with E-state index in [2.05, 4.69) is 20.2 Å². The minimum absolute atomic E-state index is 0.282. The molecule has 28 heavy (non-hydrogen) atoms. The van der Waals surface area contributed by atoms with Crippen molar-refractivity contribution in [3.05, 3.63) is 59.5 Å². The van der Waals surface area contributed by atoms with E-state index in [0.717, 1.165) is 11.3 Å². The zero-order valence-electron chi connectivity index (χ0n) is 15.7. The lowest BCUT2D eigenvalue weighted by molar-refractivity contribution is 0.0635. The molecule has 0 radical (unpaired) electrons. The number of benzene rings is 2. The lowest BCUT2D eigenvalue weighted by atomic mass is 10.1. The molecule has 1 aromatic heterocycles. The van der Waals surface area contributed by atoms with Crippen LogP contribution in [-0.4, -0.2) is 27.2 Å². The average Bonchev–Trinajstić information content (AvgIpc) is 3.15. The van der Waals surface area contributed by atoms with E-state index in [4.69, 9.17) is 4.74 Å². The van der Waals surface area contributed by atoms with Crippen LogP contribution < -0.4 is 10.6 Å². The fourth-order valence-electron chi connectivity index (χ4n) is 2.38. The molecule has 0 bridgehead atoms. The number of hydrogen-bond acceptors (Lipinski definition) is 6. The molecule has 0 saturated heterocycles. The Morgan fingerprint density at radius 1 is 1.00 bits per heavy atom. The van der Waals surface area contributed by atoms with Gasteiger partial charge in [-0.15, -0.1) is 5.10 Å². The quantitative estimate of drug-likeness (QED) is 0.660. The summed E-state index contributed by atoms with van der Waals surface area (Å²) in [5, 5.41) is 11.3. The molecular weight excluding hydrogens is 376 g/mol. The van der Waals surface area contributed by atoms with Crippen molar-refractivity contribution < 1.29 is 14.3 Å². The number of rotatable bonds is 4. The van der Waals surface area contributed by atoms with Gasteiger partial charge in [0.15, 0.2) is 0 Å². The summed E-state index contributed by atoms with van der Waals surface area (Å²) in [6.07, 6.45) is -0.572. The third-order valence-electron chi connectivity index (χ3n) is 3.57. The van der Waals surface area contributed by atoms with Gasteiger partial charge in [0, 0.05) is 27.9 Å². The van der Waals surface area contributed by atoms with Crippen LogP contribution in [0.5, 0.6) is 0 Å². The molecule has 0 saturated carbocycles. The highest BCUT2D eigenvalue weighted by molar-refractivity contribution is 7.03. The molecule has 7 nitrogen and oxygen atoms in total. The molecule has 0 unspecified atom stereocenters. The molecule has 8 heteroatoms. The molecule has 1 heterocycles. The normalized spacial score (nSPS) is 11.0. The number of anilines is 2. The van der Waals surface area contributed by atoms with Gasteiger partial charge in [0.05, 0.1) is 0 Å². The molecule has 0 fully saturated rings. The minimum atomic E-state index is -0.597. The van der Waals surface area contributed by atoms with Crippen molar-refractivity contribution in [2.24, 2.45) is 0 Å². The van der Waals surface area contributed by atoms with Gasteiger partial charge >= 0.3 is 6.09 Å². The SMILES string of the molecule is CC(C)(C)OC(=O)Nc1cccc(C(=O)Nc2ccc(-c3csnn3)cc2)c1. The first-order chi connectivity index (χ1) is 13.3. The van der Waals surface area contributed by atoms with Crippen LogP contribution in [0.1, 0.15) is 31.1 Å². The number of aromatic nitrogens is 2. The number of carbonyl (C=O) groups excluding carboxylic acids is 2. The molecule has 2 amide bonds.